The van der Waals surface area contributed by atoms with Gasteiger partial charge in [-0.3, -0.25) is 0 Å². The second kappa shape index (κ2) is 5.98. The largest absolute Gasteiger partial charge is 0.145 e. The van der Waals surface area contributed by atoms with Crippen LogP contribution in [0.3, 0.4) is 0 Å². The molecule has 0 aliphatic carbocycles. The molecule has 2 unspecified atom stereocenters. The molecule has 0 nitrogen and oxygen atoms in total. The van der Waals surface area contributed by atoms with E-state index in [0.717, 1.165) is 12.8 Å². The van der Waals surface area contributed by atoms with Crippen LogP contribution in [0, 0.1) is 17.8 Å². The molecule has 0 fully saturated rings. The van der Waals surface area contributed by atoms with E-state index in [-0.39, 0.29) is 0 Å². The molecule has 15 heavy (non-hydrogen) atoms. The Hall–Kier alpha value is -0.740. The van der Waals surface area contributed by atoms with Crippen molar-refractivity contribution in [3.05, 3.63) is 21.9 Å². The van der Waals surface area contributed by atoms with Gasteiger partial charge in [-0.15, -0.1) is 17.3 Å². The van der Waals surface area contributed by atoms with Crippen molar-refractivity contribution < 1.29 is 0 Å². The van der Waals surface area contributed by atoms with E-state index < -0.39 is 0 Å². The first kappa shape index (κ1) is 12.3. The van der Waals surface area contributed by atoms with Crippen molar-refractivity contribution in [2.75, 3.05) is 0 Å². The molecule has 0 aliphatic heterocycles. The first-order chi connectivity index (χ1) is 7.19. The zero-order valence-corrected chi connectivity index (χ0v) is 10.9. The third-order valence-corrected chi connectivity index (χ3v) is 4.17. The molecule has 1 aromatic rings. The van der Waals surface area contributed by atoms with E-state index in [2.05, 4.69) is 51.7 Å². The molecule has 1 rings (SSSR count). The molecule has 0 aliphatic rings. The summed E-state index contributed by atoms with van der Waals surface area (Å²) in [4.78, 5) is 2.96. The lowest BCUT2D eigenvalue weighted by molar-refractivity contribution is 0.619. The van der Waals surface area contributed by atoms with Crippen molar-refractivity contribution in [2.45, 2.75) is 46.5 Å². The lowest BCUT2D eigenvalue weighted by Crippen LogP contribution is -2.01. The predicted molar refractivity (Wildman–Crippen MR) is 69.3 cm³/mol. The van der Waals surface area contributed by atoms with Crippen molar-refractivity contribution in [2.24, 2.45) is 5.92 Å². The minimum Gasteiger partial charge on any atom is -0.145 e. The smallest absolute Gasteiger partial charge is 0.0248 e. The van der Waals surface area contributed by atoms with E-state index in [1.807, 2.05) is 11.3 Å². The molecule has 1 aromatic heterocycles. The van der Waals surface area contributed by atoms with Crippen LogP contribution in [0.5, 0.6) is 0 Å². The lowest BCUT2D eigenvalue weighted by Gasteiger charge is -2.12. The highest BCUT2D eigenvalue weighted by atomic mass is 32.1. The van der Waals surface area contributed by atoms with Crippen molar-refractivity contribution in [1.82, 2.24) is 0 Å². The van der Waals surface area contributed by atoms with Crippen LogP contribution in [0.4, 0.5) is 0 Å². The van der Waals surface area contributed by atoms with E-state index >= 15 is 0 Å². The molecule has 0 bridgehead atoms. The quantitative estimate of drug-likeness (QED) is 0.660. The highest BCUT2D eigenvalue weighted by Gasteiger charge is 2.13. The Morgan fingerprint density at radius 1 is 1.27 bits per heavy atom. The maximum absolute atomic E-state index is 3.31. The SMILES string of the molecule is CCC#CC(C)C(C)c1ccc(CC)s1. The summed E-state index contributed by atoms with van der Waals surface area (Å²) in [5.41, 5.74) is 0. The Bertz CT molecular complexity index is 351. The molecule has 0 aromatic carbocycles. The van der Waals surface area contributed by atoms with Gasteiger partial charge in [0, 0.05) is 28.0 Å². The van der Waals surface area contributed by atoms with Gasteiger partial charge in [0.05, 0.1) is 0 Å². The second-order valence-corrected chi connectivity index (χ2v) is 5.11. The van der Waals surface area contributed by atoms with Crippen molar-refractivity contribution in [3.8, 4) is 11.8 Å². The fourth-order valence-corrected chi connectivity index (χ4v) is 2.57. The van der Waals surface area contributed by atoms with Crippen molar-refractivity contribution >= 4 is 11.3 Å². The fraction of sp³-hybridized carbons (Fsp3) is 0.571. The second-order valence-electron chi connectivity index (χ2n) is 3.91. The Kier molecular flexibility index (Phi) is 4.91. The summed E-state index contributed by atoms with van der Waals surface area (Å²) in [6.07, 6.45) is 2.11. The molecule has 1 heterocycles. The van der Waals surface area contributed by atoms with Gasteiger partial charge in [-0.1, -0.05) is 33.6 Å². The predicted octanol–water partition coefficient (Wildman–Crippen LogP) is 4.46. The minimum absolute atomic E-state index is 0.466. The first-order valence-electron chi connectivity index (χ1n) is 5.76. The van der Waals surface area contributed by atoms with Gasteiger partial charge in [-0.2, -0.15) is 0 Å². The van der Waals surface area contributed by atoms with Gasteiger partial charge < -0.3 is 0 Å². The highest BCUT2D eigenvalue weighted by Crippen LogP contribution is 2.30. The standard InChI is InChI=1S/C14H20S/c1-5-7-8-11(3)12(4)14-10-9-13(6-2)15-14/h9-12H,5-6H2,1-4H3. The van der Waals surface area contributed by atoms with E-state index in [4.69, 9.17) is 0 Å². The number of thiophene rings is 1. The van der Waals surface area contributed by atoms with Gasteiger partial charge in [0.2, 0.25) is 0 Å². The maximum atomic E-state index is 3.31. The number of rotatable bonds is 3. The van der Waals surface area contributed by atoms with Crippen LogP contribution >= 0.6 is 11.3 Å². The lowest BCUT2D eigenvalue weighted by atomic mass is 9.95. The highest BCUT2D eigenvalue weighted by molar-refractivity contribution is 7.12. The molecule has 0 amide bonds. The molecule has 0 saturated carbocycles. The van der Waals surface area contributed by atoms with Gasteiger partial charge in [0.1, 0.15) is 0 Å². The zero-order valence-electron chi connectivity index (χ0n) is 10.1. The van der Waals surface area contributed by atoms with E-state index in [1.54, 1.807) is 0 Å². The maximum Gasteiger partial charge on any atom is 0.0248 e. The number of aryl methyl sites for hydroxylation is 1. The molecular weight excluding hydrogens is 200 g/mol. The molecule has 1 heteroatoms. The van der Waals surface area contributed by atoms with E-state index in [0.29, 0.717) is 11.8 Å². The molecule has 0 radical (unpaired) electrons. The summed E-state index contributed by atoms with van der Waals surface area (Å²) in [7, 11) is 0. The molecule has 0 spiro atoms. The van der Waals surface area contributed by atoms with Crippen LogP contribution in [0.1, 0.15) is 49.8 Å². The molecule has 0 saturated heterocycles. The normalized spacial score (nSPS) is 14.1. The first-order valence-corrected chi connectivity index (χ1v) is 6.57. The summed E-state index contributed by atoms with van der Waals surface area (Å²) >= 11 is 1.93. The van der Waals surface area contributed by atoms with Crippen LogP contribution in [-0.4, -0.2) is 0 Å². The third-order valence-electron chi connectivity index (χ3n) is 2.74. The summed E-state index contributed by atoms with van der Waals surface area (Å²) in [6.45, 7) is 8.81. The Balaban J connectivity index is 2.70. The van der Waals surface area contributed by atoms with Gasteiger partial charge in [0.25, 0.3) is 0 Å². The zero-order chi connectivity index (χ0) is 11.3. The average molecular weight is 220 g/mol. The molecular formula is C14H20S. The van der Waals surface area contributed by atoms with Crippen molar-refractivity contribution in [3.63, 3.8) is 0 Å². The Morgan fingerprint density at radius 2 is 2.00 bits per heavy atom. The van der Waals surface area contributed by atoms with Crippen LogP contribution in [0.25, 0.3) is 0 Å². The number of hydrogen-bond acceptors (Lipinski definition) is 1. The molecule has 0 N–H and O–H groups in total. The van der Waals surface area contributed by atoms with Crippen LogP contribution in [-0.2, 0) is 6.42 Å². The van der Waals surface area contributed by atoms with Crippen LogP contribution in [0.2, 0.25) is 0 Å². The monoisotopic (exact) mass is 220 g/mol. The molecule has 82 valence electrons. The van der Waals surface area contributed by atoms with Crippen LogP contribution < -0.4 is 0 Å². The fourth-order valence-electron chi connectivity index (χ4n) is 1.46. The summed E-state index contributed by atoms with van der Waals surface area (Å²) < 4.78 is 0. The Labute approximate surface area is 97.7 Å². The molecule has 2 atom stereocenters. The summed E-state index contributed by atoms with van der Waals surface area (Å²) in [5.74, 6) is 7.52. The van der Waals surface area contributed by atoms with E-state index in [9.17, 15) is 0 Å². The summed E-state index contributed by atoms with van der Waals surface area (Å²) in [6, 6.07) is 4.51. The third kappa shape index (κ3) is 3.39. The van der Waals surface area contributed by atoms with Crippen molar-refractivity contribution in [1.29, 1.82) is 0 Å². The van der Waals surface area contributed by atoms with Gasteiger partial charge in [-0.25, -0.2) is 0 Å². The van der Waals surface area contributed by atoms with E-state index in [1.165, 1.54) is 9.75 Å². The topological polar surface area (TPSA) is 0 Å². The van der Waals surface area contributed by atoms with Gasteiger partial charge in [0.15, 0.2) is 0 Å². The Morgan fingerprint density at radius 3 is 2.53 bits per heavy atom. The van der Waals surface area contributed by atoms with Crippen LogP contribution in [0.15, 0.2) is 12.1 Å². The minimum atomic E-state index is 0.466. The summed E-state index contributed by atoms with van der Waals surface area (Å²) in [5, 5.41) is 0. The average Bonchev–Trinajstić information content (AvgIpc) is 2.73. The van der Waals surface area contributed by atoms with Gasteiger partial charge in [-0.05, 0) is 18.6 Å². The van der Waals surface area contributed by atoms with Gasteiger partial charge >= 0.3 is 0 Å². The number of hydrogen-bond donors (Lipinski definition) is 0.